The van der Waals surface area contributed by atoms with E-state index in [1.54, 1.807) is 12.0 Å². The molecule has 0 radical (unpaired) electrons. The molecule has 5 heteroatoms. The first-order valence-electron chi connectivity index (χ1n) is 7.33. The summed E-state index contributed by atoms with van der Waals surface area (Å²) in [7, 11) is 1.64. The first-order chi connectivity index (χ1) is 10.2. The normalized spacial score (nSPS) is 17.9. The number of carbonyl (C=O) groups excluding carboxylic acids is 2. The molecule has 5 nitrogen and oxygen atoms in total. The fraction of sp³-hybridized carbons (Fsp3) is 0.500. The minimum atomic E-state index is -0.213. The van der Waals surface area contributed by atoms with Gasteiger partial charge in [-0.1, -0.05) is 18.2 Å². The first kappa shape index (κ1) is 15.4. The predicted molar refractivity (Wildman–Crippen MR) is 80.1 cm³/mol. The number of hydrogen-bond donors (Lipinski definition) is 1. The molecule has 1 heterocycles. The maximum Gasteiger partial charge on any atom is 0.225 e. The number of amides is 2. The predicted octanol–water partition coefficient (Wildman–Crippen LogP) is 1.22. The van der Waals surface area contributed by atoms with E-state index in [9.17, 15) is 9.59 Å². The zero-order valence-corrected chi connectivity index (χ0v) is 12.6. The second-order valence-electron chi connectivity index (χ2n) is 5.19. The van der Waals surface area contributed by atoms with Crippen LogP contribution >= 0.6 is 0 Å². The van der Waals surface area contributed by atoms with E-state index < -0.39 is 0 Å². The summed E-state index contributed by atoms with van der Waals surface area (Å²) in [6.07, 6.45) is 1.04. The molecule has 0 aromatic heterocycles. The molecule has 0 spiro atoms. The van der Waals surface area contributed by atoms with Gasteiger partial charge in [0.2, 0.25) is 11.8 Å². The van der Waals surface area contributed by atoms with Gasteiger partial charge in [-0.2, -0.15) is 0 Å². The standard InChI is InChI=1S/C16H22N2O3/c1-3-18-11-13(10-15(18)19)16(20)17-9-8-12-6-4-5-7-14(12)21-2/h4-7,13H,3,8-11H2,1-2H3,(H,17,20). The van der Waals surface area contributed by atoms with Crippen molar-refractivity contribution in [2.75, 3.05) is 26.7 Å². The first-order valence-corrected chi connectivity index (χ1v) is 7.33. The van der Waals surface area contributed by atoms with E-state index in [1.165, 1.54) is 0 Å². The zero-order chi connectivity index (χ0) is 15.2. The van der Waals surface area contributed by atoms with Crippen LogP contribution in [0.15, 0.2) is 24.3 Å². The Hall–Kier alpha value is -2.04. The van der Waals surface area contributed by atoms with Crippen molar-refractivity contribution in [1.29, 1.82) is 0 Å². The number of methoxy groups -OCH3 is 1. The Morgan fingerprint density at radius 3 is 2.86 bits per heavy atom. The van der Waals surface area contributed by atoms with Crippen LogP contribution in [0.3, 0.4) is 0 Å². The van der Waals surface area contributed by atoms with Gasteiger partial charge in [0.15, 0.2) is 0 Å². The van der Waals surface area contributed by atoms with Crippen LogP contribution in [0.4, 0.5) is 0 Å². The number of nitrogens with zero attached hydrogens (tertiary/aromatic N) is 1. The van der Waals surface area contributed by atoms with Gasteiger partial charge in [-0.15, -0.1) is 0 Å². The molecule has 1 fully saturated rings. The van der Waals surface area contributed by atoms with Crippen molar-refractivity contribution in [3.05, 3.63) is 29.8 Å². The molecular formula is C16H22N2O3. The molecular weight excluding hydrogens is 268 g/mol. The van der Waals surface area contributed by atoms with E-state index in [4.69, 9.17) is 4.74 Å². The van der Waals surface area contributed by atoms with Gasteiger partial charge in [0.25, 0.3) is 0 Å². The highest BCUT2D eigenvalue weighted by molar-refractivity contribution is 5.89. The van der Waals surface area contributed by atoms with Gasteiger partial charge in [-0.05, 0) is 25.0 Å². The Labute approximate surface area is 125 Å². The summed E-state index contributed by atoms with van der Waals surface area (Å²) in [4.78, 5) is 25.4. The van der Waals surface area contributed by atoms with Crippen molar-refractivity contribution in [2.45, 2.75) is 19.8 Å². The molecule has 1 aliphatic heterocycles. The highest BCUT2D eigenvalue weighted by atomic mass is 16.5. The molecule has 1 N–H and O–H groups in total. The summed E-state index contributed by atoms with van der Waals surface area (Å²) in [5, 5.41) is 2.92. The van der Waals surface area contributed by atoms with Gasteiger partial charge in [0.1, 0.15) is 5.75 Å². The second-order valence-corrected chi connectivity index (χ2v) is 5.19. The fourth-order valence-corrected chi connectivity index (χ4v) is 2.63. The van der Waals surface area contributed by atoms with Gasteiger partial charge in [0, 0.05) is 26.1 Å². The summed E-state index contributed by atoms with van der Waals surface area (Å²) in [5.74, 6) is 0.659. The van der Waals surface area contributed by atoms with E-state index in [2.05, 4.69) is 5.32 Å². The molecule has 114 valence electrons. The van der Waals surface area contributed by atoms with Crippen molar-refractivity contribution in [1.82, 2.24) is 10.2 Å². The average Bonchev–Trinajstić information content (AvgIpc) is 2.89. The largest absolute Gasteiger partial charge is 0.496 e. The van der Waals surface area contributed by atoms with Gasteiger partial charge in [0.05, 0.1) is 13.0 Å². The maximum absolute atomic E-state index is 12.1. The average molecular weight is 290 g/mol. The molecule has 0 saturated carbocycles. The van der Waals surface area contributed by atoms with Crippen molar-refractivity contribution < 1.29 is 14.3 Å². The molecule has 21 heavy (non-hydrogen) atoms. The van der Waals surface area contributed by atoms with Crippen molar-refractivity contribution >= 4 is 11.8 Å². The van der Waals surface area contributed by atoms with Crippen LogP contribution < -0.4 is 10.1 Å². The topological polar surface area (TPSA) is 58.6 Å². The molecule has 0 bridgehead atoms. The Morgan fingerprint density at radius 2 is 2.19 bits per heavy atom. The molecule has 1 atom stereocenters. The van der Waals surface area contributed by atoms with Gasteiger partial charge >= 0.3 is 0 Å². The van der Waals surface area contributed by atoms with Crippen molar-refractivity contribution in [2.24, 2.45) is 5.92 Å². The lowest BCUT2D eigenvalue weighted by molar-refractivity contribution is -0.128. The summed E-state index contributed by atoms with van der Waals surface area (Å²) in [5.41, 5.74) is 1.07. The Morgan fingerprint density at radius 1 is 1.43 bits per heavy atom. The van der Waals surface area contributed by atoms with Gasteiger partial charge < -0.3 is 15.0 Å². The molecule has 1 aliphatic rings. The third-order valence-corrected chi connectivity index (χ3v) is 3.85. The number of hydrogen-bond acceptors (Lipinski definition) is 3. The number of benzene rings is 1. The number of nitrogens with one attached hydrogen (secondary N) is 1. The number of ether oxygens (including phenoxy) is 1. The molecule has 0 aliphatic carbocycles. The van der Waals surface area contributed by atoms with Crippen LogP contribution in [0.5, 0.6) is 5.75 Å². The Balaban J connectivity index is 1.81. The van der Waals surface area contributed by atoms with Crippen LogP contribution in [0.25, 0.3) is 0 Å². The molecule has 1 unspecified atom stereocenters. The molecule has 2 amide bonds. The smallest absolute Gasteiger partial charge is 0.225 e. The lowest BCUT2D eigenvalue weighted by Gasteiger charge is -2.14. The monoisotopic (exact) mass is 290 g/mol. The highest BCUT2D eigenvalue weighted by Gasteiger charge is 2.32. The van der Waals surface area contributed by atoms with Crippen LogP contribution in [0.1, 0.15) is 18.9 Å². The fourth-order valence-electron chi connectivity index (χ4n) is 2.63. The summed E-state index contributed by atoms with van der Waals surface area (Å²) in [6.45, 7) is 3.69. The van der Waals surface area contributed by atoms with E-state index in [0.29, 0.717) is 32.5 Å². The maximum atomic E-state index is 12.1. The van der Waals surface area contributed by atoms with Crippen LogP contribution in [-0.4, -0.2) is 43.5 Å². The minimum absolute atomic E-state index is 0.0332. The lowest BCUT2D eigenvalue weighted by Crippen LogP contribution is -2.34. The zero-order valence-electron chi connectivity index (χ0n) is 12.6. The van der Waals surface area contributed by atoms with E-state index in [1.807, 2.05) is 31.2 Å². The third kappa shape index (κ3) is 3.74. The summed E-state index contributed by atoms with van der Waals surface area (Å²) < 4.78 is 5.28. The van der Waals surface area contributed by atoms with Gasteiger partial charge in [-0.3, -0.25) is 9.59 Å². The summed E-state index contributed by atoms with van der Waals surface area (Å²) >= 11 is 0. The number of para-hydroxylation sites is 1. The van der Waals surface area contributed by atoms with E-state index >= 15 is 0 Å². The quantitative estimate of drug-likeness (QED) is 0.857. The number of likely N-dealkylation sites (tertiary alicyclic amines) is 1. The molecule has 2 rings (SSSR count). The number of carbonyl (C=O) groups is 2. The SMILES string of the molecule is CCN1CC(C(=O)NCCc2ccccc2OC)CC1=O. The summed E-state index contributed by atoms with van der Waals surface area (Å²) in [6, 6.07) is 7.77. The van der Waals surface area contributed by atoms with E-state index in [-0.39, 0.29) is 17.7 Å². The molecule has 1 saturated heterocycles. The van der Waals surface area contributed by atoms with Crippen LogP contribution in [0, 0.1) is 5.92 Å². The minimum Gasteiger partial charge on any atom is -0.496 e. The third-order valence-electron chi connectivity index (χ3n) is 3.85. The molecule has 1 aromatic rings. The number of rotatable bonds is 6. The second kappa shape index (κ2) is 7.11. The highest BCUT2D eigenvalue weighted by Crippen LogP contribution is 2.19. The van der Waals surface area contributed by atoms with Crippen LogP contribution in [-0.2, 0) is 16.0 Å². The Kier molecular flexibility index (Phi) is 5.20. The van der Waals surface area contributed by atoms with Crippen molar-refractivity contribution in [3.63, 3.8) is 0 Å². The van der Waals surface area contributed by atoms with E-state index in [0.717, 1.165) is 11.3 Å². The van der Waals surface area contributed by atoms with Crippen LogP contribution in [0.2, 0.25) is 0 Å². The van der Waals surface area contributed by atoms with Crippen molar-refractivity contribution in [3.8, 4) is 5.75 Å². The lowest BCUT2D eigenvalue weighted by atomic mass is 10.1. The van der Waals surface area contributed by atoms with Gasteiger partial charge in [-0.25, -0.2) is 0 Å². The molecule has 1 aromatic carbocycles. The Bertz CT molecular complexity index is 516.